The van der Waals surface area contributed by atoms with Crippen molar-refractivity contribution in [2.24, 2.45) is 0 Å². The molecule has 1 aliphatic carbocycles. The number of furan rings is 1. The Labute approximate surface area is 282 Å². The third-order valence-electron chi connectivity index (χ3n) is 11.3. The first-order valence-corrected chi connectivity index (χ1v) is 17.7. The Morgan fingerprint density at radius 2 is 1.06 bits per heavy atom. The molecule has 3 heteroatoms. The second-order valence-corrected chi connectivity index (χ2v) is 14.6. The molecule has 12 aromatic rings. The minimum Gasteiger partial charge on any atom is -0.456 e. The lowest BCUT2D eigenvalue weighted by atomic mass is 9.93. The van der Waals surface area contributed by atoms with Crippen LogP contribution in [0.5, 0.6) is 0 Å². The fourth-order valence-electron chi connectivity index (χ4n) is 9.36. The van der Waals surface area contributed by atoms with Gasteiger partial charge in [0.2, 0.25) is 0 Å². The zero-order chi connectivity index (χ0) is 31.5. The summed E-state index contributed by atoms with van der Waals surface area (Å²) in [7, 11) is 0. The summed E-state index contributed by atoms with van der Waals surface area (Å²) in [6.45, 7) is 0. The van der Waals surface area contributed by atoms with Gasteiger partial charge in [-0.05, 0) is 91.8 Å². The largest absolute Gasteiger partial charge is 0.456 e. The molecular weight excluding hydrogens is 615 g/mol. The first-order chi connectivity index (χ1) is 24.3. The fourth-order valence-corrected chi connectivity index (χ4v) is 10.5. The van der Waals surface area contributed by atoms with Crippen LogP contribution < -0.4 is 0 Å². The Kier molecular flexibility index (Phi) is 4.30. The number of nitrogens with zero attached hydrogens (tertiary/aromatic N) is 1. The van der Waals surface area contributed by atoms with Crippen molar-refractivity contribution in [3.63, 3.8) is 0 Å². The van der Waals surface area contributed by atoms with Gasteiger partial charge in [0.15, 0.2) is 0 Å². The van der Waals surface area contributed by atoms with Crippen molar-refractivity contribution in [1.82, 2.24) is 4.57 Å². The maximum atomic E-state index is 6.58. The van der Waals surface area contributed by atoms with Crippen LogP contribution in [0.2, 0.25) is 0 Å². The second-order valence-electron chi connectivity index (χ2n) is 13.5. The highest BCUT2D eigenvalue weighted by molar-refractivity contribution is 7.26. The van der Waals surface area contributed by atoms with Crippen LogP contribution in [0.4, 0.5) is 0 Å². The standard InChI is InChI=1S/C46H23NOS/c1-3-10-27-25(8-1)26-9-2-4-11-28(26)32-23-36-33(22-31(27)32)29-12-5-6-14-34(29)47(36)35-18-21-40-46-42(35)30-13-7-15-37-43(30)44-38(48-37)19-16-24-17-20-39(49-40)45(46)41(24)44/h1-23H. The Morgan fingerprint density at radius 3 is 1.88 bits per heavy atom. The highest BCUT2D eigenvalue weighted by Crippen LogP contribution is 2.54. The third kappa shape index (κ3) is 2.88. The number of para-hydroxylation sites is 1. The van der Waals surface area contributed by atoms with Gasteiger partial charge in [0.25, 0.3) is 0 Å². The van der Waals surface area contributed by atoms with E-state index in [2.05, 4.69) is 144 Å². The Bertz CT molecular complexity index is 3500. The molecule has 0 unspecified atom stereocenters. The summed E-state index contributed by atoms with van der Waals surface area (Å²) in [5.74, 6) is 0. The maximum absolute atomic E-state index is 6.58. The predicted octanol–water partition coefficient (Wildman–Crippen LogP) is 13.6. The van der Waals surface area contributed by atoms with Crippen LogP contribution in [-0.2, 0) is 0 Å². The number of thiophene rings is 1. The van der Waals surface area contributed by atoms with Gasteiger partial charge in [-0.15, -0.1) is 11.3 Å². The van der Waals surface area contributed by atoms with E-state index < -0.39 is 0 Å². The van der Waals surface area contributed by atoms with E-state index >= 15 is 0 Å². The Morgan fingerprint density at radius 1 is 0.408 bits per heavy atom. The molecule has 0 bridgehead atoms. The summed E-state index contributed by atoms with van der Waals surface area (Å²) in [4.78, 5) is 0. The monoisotopic (exact) mass is 637 g/mol. The molecule has 0 atom stereocenters. The van der Waals surface area contributed by atoms with Crippen LogP contribution in [0.15, 0.2) is 144 Å². The quantitative estimate of drug-likeness (QED) is 0.164. The van der Waals surface area contributed by atoms with E-state index in [-0.39, 0.29) is 0 Å². The molecule has 0 fully saturated rings. The predicted molar refractivity (Wildman–Crippen MR) is 210 cm³/mol. The number of hydrogen-bond acceptors (Lipinski definition) is 2. The summed E-state index contributed by atoms with van der Waals surface area (Å²) in [6, 6.07) is 51.9. The Hall–Kier alpha value is -6.16. The highest BCUT2D eigenvalue weighted by Gasteiger charge is 2.27. The fraction of sp³-hybridized carbons (Fsp3) is 0. The van der Waals surface area contributed by atoms with Crippen LogP contribution in [0.1, 0.15) is 0 Å². The molecule has 0 amide bonds. The van der Waals surface area contributed by atoms with Crippen molar-refractivity contribution in [2.75, 3.05) is 0 Å². The minimum absolute atomic E-state index is 0.945. The summed E-state index contributed by atoms with van der Waals surface area (Å²) in [6.07, 6.45) is 0. The van der Waals surface area contributed by atoms with Crippen LogP contribution in [-0.4, -0.2) is 4.57 Å². The number of benzene rings is 9. The summed E-state index contributed by atoms with van der Waals surface area (Å²) in [5.41, 5.74) is 8.07. The van der Waals surface area contributed by atoms with E-state index in [0.717, 1.165) is 11.2 Å². The number of fused-ring (bicyclic) bond motifs is 10. The molecule has 49 heavy (non-hydrogen) atoms. The molecule has 2 nitrogen and oxygen atoms in total. The van der Waals surface area contributed by atoms with Gasteiger partial charge < -0.3 is 8.98 Å². The van der Waals surface area contributed by atoms with Crippen LogP contribution >= 0.6 is 11.3 Å². The molecule has 224 valence electrons. The van der Waals surface area contributed by atoms with Crippen molar-refractivity contribution in [3.05, 3.63) is 140 Å². The van der Waals surface area contributed by atoms with Gasteiger partial charge in [0.05, 0.1) is 16.7 Å². The summed E-state index contributed by atoms with van der Waals surface area (Å²) in [5, 5.41) is 18.0. The molecule has 3 aromatic heterocycles. The second kappa shape index (κ2) is 8.46. The van der Waals surface area contributed by atoms with Crippen LogP contribution in [0.3, 0.4) is 0 Å². The summed E-state index contributed by atoms with van der Waals surface area (Å²) < 4.78 is 11.8. The minimum atomic E-state index is 0.945. The SMILES string of the molecule is c1cc2c3c(c1)oc1ccc4ccc5sc6ccc(-n7c8ccccc8c8cc9c%10ccccc%10c%10ccccc%10c9cc87)c-2c6c5c4c13. The summed E-state index contributed by atoms with van der Waals surface area (Å²) >= 11 is 1.90. The average Bonchev–Trinajstić information content (AvgIpc) is 3.80. The van der Waals surface area contributed by atoms with Crippen molar-refractivity contribution in [3.8, 4) is 16.8 Å². The molecule has 0 saturated carbocycles. The van der Waals surface area contributed by atoms with Crippen molar-refractivity contribution >= 4 is 118 Å². The van der Waals surface area contributed by atoms with E-state index in [1.807, 2.05) is 11.3 Å². The lowest BCUT2D eigenvalue weighted by Gasteiger charge is -2.17. The lowest BCUT2D eigenvalue weighted by molar-refractivity contribution is 0.669. The number of aromatic nitrogens is 1. The van der Waals surface area contributed by atoms with Crippen molar-refractivity contribution in [2.45, 2.75) is 0 Å². The van der Waals surface area contributed by atoms with E-state index in [0.29, 0.717) is 0 Å². The number of hydrogen-bond donors (Lipinski definition) is 0. The number of rotatable bonds is 1. The first-order valence-electron chi connectivity index (χ1n) is 16.9. The molecule has 3 heterocycles. The zero-order valence-electron chi connectivity index (χ0n) is 26.0. The normalized spacial score (nSPS) is 12.9. The van der Waals surface area contributed by atoms with E-state index in [9.17, 15) is 0 Å². The van der Waals surface area contributed by atoms with Gasteiger partial charge in [-0.2, -0.15) is 0 Å². The smallest absolute Gasteiger partial charge is 0.136 e. The average molecular weight is 638 g/mol. The lowest BCUT2D eigenvalue weighted by Crippen LogP contribution is -1.98. The van der Waals surface area contributed by atoms with E-state index in [1.165, 1.54) is 113 Å². The van der Waals surface area contributed by atoms with Gasteiger partial charge in [0.1, 0.15) is 11.2 Å². The molecule has 0 aliphatic heterocycles. The highest BCUT2D eigenvalue weighted by atomic mass is 32.1. The van der Waals surface area contributed by atoms with Gasteiger partial charge in [-0.3, -0.25) is 0 Å². The van der Waals surface area contributed by atoms with Gasteiger partial charge in [-0.25, -0.2) is 0 Å². The third-order valence-corrected chi connectivity index (χ3v) is 12.4. The van der Waals surface area contributed by atoms with Crippen LogP contribution in [0.25, 0.3) is 124 Å². The molecular formula is C46H23NOS. The van der Waals surface area contributed by atoms with Gasteiger partial charge in [0, 0.05) is 52.7 Å². The Balaban J connectivity index is 1.28. The maximum Gasteiger partial charge on any atom is 0.136 e. The van der Waals surface area contributed by atoms with Crippen molar-refractivity contribution in [1.29, 1.82) is 0 Å². The molecule has 13 rings (SSSR count). The van der Waals surface area contributed by atoms with E-state index in [4.69, 9.17) is 4.42 Å². The van der Waals surface area contributed by atoms with Gasteiger partial charge in [-0.1, -0.05) is 91.0 Å². The van der Waals surface area contributed by atoms with Gasteiger partial charge >= 0.3 is 0 Å². The molecule has 0 N–H and O–H groups in total. The first kappa shape index (κ1) is 24.9. The van der Waals surface area contributed by atoms with Crippen LogP contribution in [0, 0.1) is 0 Å². The molecule has 9 aromatic carbocycles. The van der Waals surface area contributed by atoms with E-state index in [1.54, 1.807) is 0 Å². The topological polar surface area (TPSA) is 18.1 Å². The van der Waals surface area contributed by atoms with Crippen molar-refractivity contribution < 1.29 is 4.42 Å². The molecule has 0 spiro atoms. The zero-order valence-corrected chi connectivity index (χ0v) is 26.9. The molecule has 0 saturated heterocycles. The molecule has 0 radical (unpaired) electrons. The molecule has 1 aliphatic rings.